The largest absolute Gasteiger partial charge is 0.497 e. The van der Waals surface area contributed by atoms with Gasteiger partial charge in [0, 0.05) is 68.3 Å². The number of carbonyl (C=O) groups excluding carboxylic acids is 1. The van der Waals surface area contributed by atoms with E-state index in [4.69, 9.17) is 4.74 Å². The first-order chi connectivity index (χ1) is 18.2. The van der Waals surface area contributed by atoms with E-state index in [2.05, 4.69) is 15.1 Å². The highest BCUT2D eigenvalue weighted by molar-refractivity contribution is 7.07. The molecule has 0 radical (unpaired) electrons. The number of thiazole rings is 1. The van der Waals surface area contributed by atoms with E-state index in [0.717, 1.165) is 9.48 Å². The minimum Gasteiger partial charge on any atom is -0.497 e. The first-order valence-electron chi connectivity index (χ1n) is 11.8. The fourth-order valence-corrected chi connectivity index (χ4v) is 5.44. The number of ether oxygens (including phenoxy) is 1. The van der Waals surface area contributed by atoms with Crippen LogP contribution in [0.15, 0.2) is 53.2 Å². The van der Waals surface area contributed by atoms with Crippen molar-refractivity contribution >= 4 is 17.2 Å². The second kappa shape index (κ2) is 10.1. The van der Waals surface area contributed by atoms with E-state index < -0.39 is 11.9 Å². The number of aryl methyl sites for hydroxylation is 1. The number of methoxy groups -OCH3 is 1. The molecule has 1 aliphatic rings. The third-order valence-corrected chi connectivity index (χ3v) is 7.31. The van der Waals surface area contributed by atoms with Crippen LogP contribution >= 0.6 is 11.3 Å². The number of aromatic nitrogens is 4. The molecule has 0 aliphatic carbocycles. The molecule has 1 aromatic carbocycles. The zero-order chi connectivity index (χ0) is 27.0. The lowest BCUT2D eigenvalue weighted by Gasteiger charge is -2.30. The molecule has 4 heterocycles. The van der Waals surface area contributed by atoms with Gasteiger partial charge in [-0.05, 0) is 41.3 Å². The Kier molecular flexibility index (Phi) is 6.82. The molecule has 0 unspecified atom stereocenters. The zero-order valence-electron chi connectivity index (χ0n) is 21.0. The number of rotatable bonds is 6. The van der Waals surface area contributed by atoms with Gasteiger partial charge in [-0.3, -0.25) is 19.5 Å². The van der Waals surface area contributed by atoms with Crippen molar-refractivity contribution in [1.82, 2.24) is 24.2 Å². The predicted molar refractivity (Wildman–Crippen MR) is 136 cm³/mol. The molecule has 0 saturated heterocycles. The lowest BCUT2D eigenvalue weighted by molar-refractivity contribution is -0.140. The monoisotopic (exact) mass is 542 g/mol. The first kappa shape index (κ1) is 25.7. The Morgan fingerprint density at radius 2 is 1.95 bits per heavy atom. The summed E-state index contributed by atoms with van der Waals surface area (Å²) in [6.45, 7) is 0.952. The molecule has 0 spiro atoms. The second-order valence-corrected chi connectivity index (χ2v) is 9.81. The molecule has 3 aromatic heterocycles. The SMILES string of the molecule is CN=c1sccn1Cc1cc2c(c(-c3cn(C)nc3C(F)(F)F)c1)CCN(Cc1cc(OC)ccn1)C2=O. The summed E-state index contributed by atoms with van der Waals surface area (Å²) >= 11 is 1.45. The van der Waals surface area contributed by atoms with Crippen LogP contribution in [0, 0.1) is 0 Å². The van der Waals surface area contributed by atoms with Crippen molar-refractivity contribution in [2.24, 2.45) is 12.0 Å². The van der Waals surface area contributed by atoms with E-state index in [9.17, 15) is 18.0 Å². The number of amides is 1. The van der Waals surface area contributed by atoms with Gasteiger partial charge in [-0.15, -0.1) is 11.3 Å². The molecule has 8 nitrogen and oxygen atoms in total. The lowest BCUT2D eigenvalue weighted by atomic mass is 9.88. The van der Waals surface area contributed by atoms with Crippen LogP contribution in [-0.4, -0.2) is 50.8 Å². The average Bonchev–Trinajstić information content (AvgIpc) is 3.51. The first-order valence-corrected chi connectivity index (χ1v) is 12.7. The molecule has 4 aromatic rings. The van der Waals surface area contributed by atoms with Gasteiger partial charge in [-0.25, -0.2) is 0 Å². The van der Waals surface area contributed by atoms with Gasteiger partial charge in [-0.1, -0.05) is 0 Å². The molecule has 1 amide bonds. The number of halogens is 3. The Balaban J connectivity index is 1.61. The van der Waals surface area contributed by atoms with Crippen molar-refractivity contribution < 1.29 is 22.7 Å². The number of hydrogen-bond donors (Lipinski definition) is 0. The fraction of sp³-hybridized carbons (Fsp3) is 0.308. The average molecular weight is 543 g/mol. The van der Waals surface area contributed by atoms with Gasteiger partial charge in [0.1, 0.15) is 5.75 Å². The van der Waals surface area contributed by atoms with Crippen LogP contribution in [0.1, 0.15) is 32.9 Å². The summed E-state index contributed by atoms with van der Waals surface area (Å²) in [5.41, 5.74) is 1.69. The third-order valence-electron chi connectivity index (χ3n) is 6.43. The number of carbonyl (C=O) groups is 1. The molecular formula is C26H25F3N6O2S. The van der Waals surface area contributed by atoms with Gasteiger partial charge in [0.05, 0.1) is 19.3 Å². The second-order valence-electron chi connectivity index (χ2n) is 8.93. The predicted octanol–water partition coefficient (Wildman–Crippen LogP) is 4.15. The summed E-state index contributed by atoms with van der Waals surface area (Å²) < 4.78 is 50.2. The molecule has 5 rings (SSSR count). The van der Waals surface area contributed by atoms with Gasteiger partial charge < -0.3 is 14.2 Å². The highest BCUT2D eigenvalue weighted by Gasteiger charge is 2.39. The standard InChI is InChI=1S/C26H25F3N6O2S/c1-30-25-35(8-9-38-25)13-16-10-20(22-15-33(2)32-23(22)26(27,28)29)19-5-7-34(24(36)21(19)11-16)14-17-12-18(37-3)4-6-31-17/h4,6,8-12,15H,5,7,13-14H2,1-3H3. The van der Waals surface area contributed by atoms with E-state index in [-0.39, 0.29) is 18.0 Å². The lowest BCUT2D eigenvalue weighted by Crippen LogP contribution is -2.37. The molecule has 12 heteroatoms. The highest BCUT2D eigenvalue weighted by Crippen LogP contribution is 2.40. The van der Waals surface area contributed by atoms with Gasteiger partial charge >= 0.3 is 6.18 Å². The van der Waals surface area contributed by atoms with Crippen LogP contribution in [0.2, 0.25) is 0 Å². The Morgan fingerprint density at radius 1 is 1.16 bits per heavy atom. The maximum Gasteiger partial charge on any atom is 0.435 e. The van der Waals surface area contributed by atoms with Gasteiger partial charge in [0.25, 0.3) is 5.91 Å². The number of pyridine rings is 1. The van der Waals surface area contributed by atoms with Crippen molar-refractivity contribution in [1.29, 1.82) is 0 Å². The number of alkyl halides is 3. The number of fused-ring (bicyclic) bond motifs is 1. The van der Waals surface area contributed by atoms with E-state index in [1.54, 1.807) is 49.5 Å². The molecule has 0 atom stereocenters. The molecule has 0 fully saturated rings. The molecule has 0 saturated carbocycles. The van der Waals surface area contributed by atoms with E-state index in [1.165, 1.54) is 24.6 Å². The smallest absolute Gasteiger partial charge is 0.435 e. The van der Waals surface area contributed by atoms with E-state index in [1.807, 2.05) is 16.1 Å². The van der Waals surface area contributed by atoms with E-state index >= 15 is 0 Å². The topological polar surface area (TPSA) is 77.5 Å². The summed E-state index contributed by atoms with van der Waals surface area (Å²) in [5.74, 6) is 0.373. The van der Waals surface area contributed by atoms with Crippen molar-refractivity contribution in [3.05, 3.63) is 81.1 Å². The van der Waals surface area contributed by atoms with Crippen molar-refractivity contribution in [2.45, 2.75) is 25.7 Å². The van der Waals surface area contributed by atoms with Gasteiger partial charge in [0.2, 0.25) is 0 Å². The summed E-state index contributed by atoms with van der Waals surface area (Å²) in [6, 6.07) is 7.00. The molecule has 0 N–H and O–H groups in total. The Bertz CT molecular complexity index is 1570. The van der Waals surface area contributed by atoms with Crippen LogP contribution in [0.25, 0.3) is 11.1 Å². The minimum atomic E-state index is -4.64. The summed E-state index contributed by atoms with van der Waals surface area (Å²) in [7, 11) is 4.69. The van der Waals surface area contributed by atoms with Crippen LogP contribution < -0.4 is 9.54 Å². The van der Waals surface area contributed by atoms with Crippen LogP contribution in [0.4, 0.5) is 13.2 Å². The number of hydrogen-bond acceptors (Lipinski definition) is 6. The van der Waals surface area contributed by atoms with Crippen molar-refractivity contribution in [2.75, 3.05) is 20.7 Å². The summed E-state index contributed by atoms with van der Waals surface area (Å²) in [5, 5.41) is 5.59. The molecule has 38 heavy (non-hydrogen) atoms. The Morgan fingerprint density at radius 3 is 2.68 bits per heavy atom. The summed E-state index contributed by atoms with van der Waals surface area (Å²) in [6.07, 6.45) is 0.596. The van der Waals surface area contributed by atoms with E-state index in [0.29, 0.717) is 53.2 Å². The van der Waals surface area contributed by atoms with Gasteiger partial charge in [0.15, 0.2) is 10.5 Å². The normalized spacial score (nSPS) is 14.2. The number of benzene rings is 1. The third kappa shape index (κ3) is 4.95. The number of nitrogens with zero attached hydrogens (tertiary/aromatic N) is 6. The van der Waals surface area contributed by atoms with Crippen molar-refractivity contribution in [3.8, 4) is 16.9 Å². The maximum atomic E-state index is 13.9. The molecule has 198 valence electrons. The van der Waals surface area contributed by atoms with Crippen LogP contribution in [0.5, 0.6) is 5.75 Å². The maximum absolute atomic E-state index is 13.9. The Hall–Kier alpha value is -3.93. The fourth-order valence-electron chi connectivity index (χ4n) is 4.75. The quantitative estimate of drug-likeness (QED) is 0.367. The molecule has 0 bridgehead atoms. The van der Waals surface area contributed by atoms with Crippen LogP contribution in [0.3, 0.4) is 0 Å². The molecule has 1 aliphatic heterocycles. The highest BCUT2D eigenvalue weighted by atomic mass is 32.1. The van der Waals surface area contributed by atoms with Crippen molar-refractivity contribution in [3.63, 3.8) is 0 Å². The van der Waals surface area contributed by atoms with Crippen LogP contribution in [-0.2, 0) is 32.7 Å². The zero-order valence-corrected chi connectivity index (χ0v) is 21.8. The van der Waals surface area contributed by atoms with Gasteiger partial charge in [-0.2, -0.15) is 18.3 Å². The minimum absolute atomic E-state index is 0.0375. The molecular weight excluding hydrogens is 517 g/mol. The summed E-state index contributed by atoms with van der Waals surface area (Å²) in [4.78, 5) is 24.8. The Labute approximate surface area is 220 Å².